The lowest BCUT2D eigenvalue weighted by Crippen LogP contribution is -2.30. The van der Waals surface area contributed by atoms with Crippen molar-refractivity contribution in [3.63, 3.8) is 0 Å². The minimum absolute atomic E-state index is 0.208. The van der Waals surface area contributed by atoms with Crippen LogP contribution in [-0.4, -0.2) is 50.7 Å². The van der Waals surface area contributed by atoms with E-state index in [9.17, 15) is 9.59 Å². The number of ether oxygens (including phenoxy) is 2. The molecule has 6 nitrogen and oxygen atoms in total. The number of hydrogen-bond donors (Lipinski definition) is 1. The highest BCUT2D eigenvalue weighted by Crippen LogP contribution is 2.41. The van der Waals surface area contributed by atoms with E-state index in [1.807, 2.05) is 56.3 Å². The molecule has 2 aliphatic heterocycles. The molecule has 1 aromatic rings. The SMILES string of the molecule is CC1=C(C(=O)OCCCN(C)C)C(c2ccccc2)C2=C(COC2=O)N1. The highest BCUT2D eigenvalue weighted by molar-refractivity contribution is 6.01. The van der Waals surface area contributed by atoms with E-state index in [4.69, 9.17) is 9.47 Å². The number of carbonyl (C=O) groups is 2. The van der Waals surface area contributed by atoms with E-state index in [1.54, 1.807) is 0 Å². The van der Waals surface area contributed by atoms with Gasteiger partial charge < -0.3 is 19.7 Å². The number of carbonyl (C=O) groups excluding carboxylic acids is 2. The van der Waals surface area contributed by atoms with Gasteiger partial charge >= 0.3 is 11.9 Å². The van der Waals surface area contributed by atoms with Crippen LogP contribution >= 0.6 is 0 Å². The van der Waals surface area contributed by atoms with Crippen molar-refractivity contribution in [2.75, 3.05) is 33.9 Å². The number of dihydropyridines is 1. The Labute approximate surface area is 153 Å². The molecule has 0 aliphatic carbocycles. The van der Waals surface area contributed by atoms with Crippen LogP contribution in [0.1, 0.15) is 24.8 Å². The summed E-state index contributed by atoms with van der Waals surface area (Å²) in [6.07, 6.45) is 0.754. The predicted molar refractivity (Wildman–Crippen MR) is 97.1 cm³/mol. The number of cyclic esters (lactones) is 1. The van der Waals surface area contributed by atoms with Crippen molar-refractivity contribution >= 4 is 11.9 Å². The quantitative estimate of drug-likeness (QED) is 0.621. The molecule has 0 saturated heterocycles. The van der Waals surface area contributed by atoms with Gasteiger partial charge in [0, 0.05) is 12.2 Å². The number of rotatable bonds is 6. The first-order valence-electron chi connectivity index (χ1n) is 8.73. The lowest BCUT2D eigenvalue weighted by molar-refractivity contribution is -0.139. The molecule has 0 aromatic heterocycles. The summed E-state index contributed by atoms with van der Waals surface area (Å²) in [4.78, 5) is 27.2. The molecule has 0 bridgehead atoms. The lowest BCUT2D eigenvalue weighted by atomic mass is 9.81. The van der Waals surface area contributed by atoms with Crippen molar-refractivity contribution in [3.8, 4) is 0 Å². The Kier molecular flexibility index (Phi) is 5.42. The van der Waals surface area contributed by atoms with Gasteiger partial charge in [-0.1, -0.05) is 30.3 Å². The van der Waals surface area contributed by atoms with Crippen LogP contribution in [0.15, 0.2) is 52.9 Å². The molecule has 0 radical (unpaired) electrons. The van der Waals surface area contributed by atoms with E-state index >= 15 is 0 Å². The van der Waals surface area contributed by atoms with Crippen LogP contribution in [0.4, 0.5) is 0 Å². The summed E-state index contributed by atoms with van der Waals surface area (Å²) < 4.78 is 10.7. The van der Waals surface area contributed by atoms with Gasteiger partial charge in [0.05, 0.1) is 29.4 Å². The Morgan fingerprint density at radius 2 is 2.04 bits per heavy atom. The number of nitrogens with one attached hydrogen (secondary N) is 1. The van der Waals surface area contributed by atoms with Gasteiger partial charge in [-0.05, 0) is 33.0 Å². The van der Waals surface area contributed by atoms with Crippen molar-refractivity contribution in [1.29, 1.82) is 0 Å². The second-order valence-electron chi connectivity index (χ2n) is 6.77. The topological polar surface area (TPSA) is 67.9 Å². The first-order valence-corrected chi connectivity index (χ1v) is 8.73. The van der Waals surface area contributed by atoms with Crippen LogP contribution < -0.4 is 5.32 Å². The van der Waals surface area contributed by atoms with Crippen LogP contribution in [-0.2, 0) is 19.1 Å². The molecule has 2 aliphatic rings. The molecule has 138 valence electrons. The van der Waals surface area contributed by atoms with E-state index in [0.29, 0.717) is 23.5 Å². The third-order valence-electron chi connectivity index (χ3n) is 4.55. The molecule has 6 heteroatoms. The number of benzene rings is 1. The molecule has 1 unspecified atom stereocenters. The molecule has 2 heterocycles. The van der Waals surface area contributed by atoms with E-state index in [0.717, 1.165) is 24.2 Å². The molecule has 1 atom stereocenters. The molecule has 0 saturated carbocycles. The molecular formula is C20H24N2O4. The molecule has 1 aromatic carbocycles. The maximum absolute atomic E-state index is 12.8. The zero-order chi connectivity index (χ0) is 18.7. The minimum atomic E-state index is -0.469. The second-order valence-corrected chi connectivity index (χ2v) is 6.77. The average Bonchev–Trinajstić information content (AvgIpc) is 2.98. The molecule has 3 rings (SSSR count). The summed E-state index contributed by atoms with van der Waals surface area (Å²) in [5, 5.41) is 3.15. The number of nitrogens with zero attached hydrogens (tertiary/aromatic N) is 1. The zero-order valence-corrected chi connectivity index (χ0v) is 15.4. The fraction of sp³-hybridized carbons (Fsp3) is 0.400. The summed E-state index contributed by atoms with van der Waals surface area (Å²) >= 11 is 0. The first kappa shape index (κ1) is 18.2. The zero-order valence-electron chi connectivity index (χ0n) is 15.4. The molecule has 0 fully saturated rings. The third-order valence-corrected chi connectivity index (χ3v) is 4.55. The van der Waals surface area contributed by atoms with E-state index in [1.165, 1.54) is 0 Å². The smallest absolute Gasteiger partial charge is 0.337 e. The molecular weight excluding hydrogens is 332 g/mol. The standard InChI is InChI=1S/C20H24N2O4/c1-13-16(19(23)25-11-7-10-22(2)3)17(14-8-5-4-6-9-14)18-15(21-13)12-26-20(18)24/h4-6,8-9,17,21H,7,10-12H2,1-3H3. The Hall–Kier alpha value is -2.60. The van der Waals surface area contributed by atoms with Gasteiger partial charge in [0.2, 0.25) is 0 Å². The number of allylic oxidation sites excluding steroid dienone is 1. The normalized spacial score (nSPS) is 19.4. The van der Waals surface area contributed by atoms with Crippen molar-refractivity contribution < 1.29 is 19.1 Å². The van der Waals surface area contributed by atoms with Gasteiger partial charge in [-0.25, -0.2) is 9.59 Å². The minimum Gasteiger partial charge on any atom is -0.462 e. The van der Waals surface area contributed by atoms with Gasteiger partial charge in [-0.15, -0.1) is 0 Å². The third kappa shape index (κ3) is 3.65. The molecule has 0 spiro atoms. The summed E-state index contributed by atoms with van der Waals surface area (Å²) in [5.74, 6) is -1.25. The van der Waals surface area contributed by atoms with Gasteiger partial charge in [-0.3, -0.25) is 0 Å². The summed E-state index contributed by atoms with van der Waals surface area (Å²) in [5.41, 5.74) is 3.28. The summed E-state index contributed by atoms with van der Waals surface area (Å²) in [6, 6.07) is 9.53. The van der Waals surface area contributed by atoms with Crippen molar-refractivity contribution in [2.24, 2.45) is 0 Å². The lowest BCUT2D eigenvalue weighted by Gasteiger charge is -2.27. The fourth-order valence-electron chi connectivity index (χ4n) is 3.34. The van der Waals surface area contributed by atoms with Crippen LogP contribution in [0, 0.1) is 0 Å². The van der Waals surface area contributed by atoms with Gasteiger partial charge in [0.25, 0.3) is 0 Å². The molecule has 1 N–H and O–H groups in total. The maximum Gasteiger partial charge on any atom is 0.337 e. The van der Waals surface area contributed by atoms with E-state index in [2.05, 4.69) is 5.32 Å². The van der Waals surface area contributed by atoms with Crippen LogP contribution in [0.3, 0.4) is 0 Å². The van der Waals surface area contributed by atoms with Crippen molar-refractivity contribution in [1.82, 2.24) is 10.2 Å². The van der Waals surface area contributed by atoms with Crippen molar-refractivity contribution in [2.45, 2.75) is 19.3 Å². The summed E-state index contributed by atoms with van der Waals surface area (Å²) in [7, 11) is 3.95. The van der Waals surface area contributed by atoms with Gasteiger partial charge in [0.15, 0.2) is 0 Å². The number of hydrogen-bond acceptors (Lipinski definition) is 6. The number of esters is 2. The van der Waals surface area contributed by atoms with E-state index in [-0.39, 0.29) is 12.6 Å². The van der Waals surface area contributed by atoms with Crippen LogP contribution in [0.5, 0.6) is 0 Å². The van der Waals surface area contributed by atoms with Crippen LogP contribution in [0.2, 0.25) is 0 Å². The van der Waals surface area contributed by atoms with Crippen LogP contribution in [0.25, 0.3) is 0 Å². The predicted octanol–water partition coefficient (Wildman–Crippen LogP) is 1.95. The van der Waals surface area contributed by atoms with Crippen molar-refractivity contribution in [3.05, 3.63) is 58.4 Å². The Balaban J connectivity index is 1.88. The highest BCUT2D eigenvalue weighted by atomic mass is 16.5. The Bertz CT molecular complexity index is 765. The average molecular weight is 356 g/mol. The fourth-order valence-corrected chi connectivity index (χ4v) is 3.34. The monoisotopic (exact) mass is 356 g/mol. The van der Waals surface area contributed by atoms with Gasteiger partial charge in [-0.2, -0.15) is 0 Å². The maximum atomic E-state index is 12.8. The second kappa shape index (κ2) is 7.74. The largest absolute Gasteiger partial charge is 0.462 e. The van der Waals surface area contributed by atoms with Gasteiger partial charge in [0.1, 0.15) is 6.61 Å². The Morgan fingerprint density at radius 1 is 1.31 bits per heavy atom. The summed E-state index contributed by atoms with van der Waals surface area (Å²) in [6.45, 7) is 3.22. The molecule has 0 amide bonds. The molecule has 26 heavy (non-hydrogen) atoms. The first-order chi connectivity index (χ1) is 12.5. The highest BCUT2D eigenvalue weighted by Gasteiger charge is 2.41. The Morgan fingerprint density at radius 3 is 2.73 bits per heavy atom. The van der Waals surface area contributed by atoms with E-state index < -0.39 is 11.9 Å².